The molecule has 0 spiro atoms. The second-order valence-corrected chi connectivity index (χ2v) is 4.96. The first kappa shape index (κ1) is 9.22. The van der Waals surface area contributed by atoms with E-state index in [1.165, 1.54) is 17.7 Å². The first-order valence-corrected chi connectivity index (χ1v) is 5.75. The Labute approximate surface area is 90.5 Å². The van der Waals surface area contributed by atoms with E-state index in [0.29, 0.717) is 12.0 Å². The highest BCUT2D eigenvalue weighted by Gasteiger charge is 2.44. The summed E-state index contributed by atoms with van der Waals surface area (Å²) < 4.78 is 0. The van der Waals surface area contributed by atoms with E-state index < -0.39 is 0 Å². The van der Waals surface area contributed by atoms with Gasteiger partial charge in [0.1, 0.15) is 0 Å². The third-order valence-electron chi connectivity index (χ3n) is 3.81. The maximum absolute atomic E-state index is 9.86. The van der Waals surface area contributed by atoms with Gasteiger partial charge in [-0.05, 0) is 37.8 Å². The van der Waals surface area contributed by atoms with Crippen LogP contribution in [0.2, 0.25) is 0 Å². The van der Waals surface area contributed by atoms with Crippen LogP contribution in [-0.2, 0) is 0 Å². The molecule has 3 rings (SSSR count). The van der Waals surface area contributed by atoms with Crippen LogP contribution >= 0.6 is 0 Å². The summed E-state index contributed by atoms with van der Waals surface area (Å²) in [5.41, 5.74) is 2.57. The zero-order chi connectivity index (χ0) is 10.4. The maximum Gasteiger partial charge on any atom is 0.0746 e. The minimum atomic E-state index is -0.106. The lowest BCUT2D eigenvalue weighted by Crippen LogP contribution is -2.41. The predicted octanol–water partition coefficient (Wildman–Crippen LogP) is 1.95. The molecule has 1 aliphatic heterocycles. The fourth-order valence-electron chi connectivity index (χ4n) is 3.02. The lowest BCUT2D eigenvalue weighted by atomic mass is 10.1. The number of aliphatic hydroxyl groups excluding tert-OH is 1. The molecule has 2 fully saturated rings. The van der Waals surface area contributed by atoms with Crippen LogP contribution in [-0.4, -0.2) is 23.8 Å². The second kappa shape index (κ2) is 3.24. The minimum absolute atomic E-state index is 0.106. The first-order valence-electron chi connectivity index (χ1n) is 5.75. The molecule has 1 saturated heterocycles. The summed E-state index contributed by atoms with van der Waals surface area (Å²) in [6.45, 7) is 3.24. The van der Waals surface area contributed by atoms with Crippen LogP contribution in [0.15, 0.2) is 24.3 Å². The average Bonchev–Trinajstić information content (AvgIpc) is 2.77. The highest BCUT2D eigenvalue weighted by atomic mass is 16.3. The summed E-state index contributed by atoms with van der Waals surface area (Å²) >= 11 is 0. The van der Waals surface area contributed by atoms with Gasteiger partial charge in [-0.25, -0.2) is 0 Å². The Bertz CT molecular complexity index is 359. The lowest BCUT2D eigenvalue weighted by Gasteiger charge is -2.32. The molecule has 1 aromatic carbocycles. The number of piperidine rings is 1. The fraction of sp³-hybridized carbons (Fsp3) is 0.538. The summed E-state index contributed by atoms with van der Waals surface area (Å²) in [5, 5.41) is 9.86. The Balaban J connectivity index is 1.86. The van der Waals surface area contributed by atoms with Crippen molar-refractivity contribution in [3.05, 3.63) is 29.8 Å². The summed E-state index contributed by atoms with van der Waals surface area (Å²) in [6.07, 6.45) is 2.08. The summed E-state index contributed by atoms with van der Waals surface area (Å²) in [7, 11) is 0. The molecule has 2 bridgehead atoms. The van der Waals surface area contributed by atoms with Crippen molar-refractivity contribution >= 4 is 5.69 Å². The Morgan fingerprint density at radius 2 is 1.93 bits per heavy atom. The van der Waals surface area contributed by atoms with E-state index in [-0.39, 0.29) is 6.10 Å². The number of anilines is 1. The van der Waals surface area contributed by atoms with Gasteiger partial charge in [0.15, 0.2) is 0 Å². The van der Waals surface area contributed by atoms with Crippen molar-refractivity contribution in [1.29, 1.82) is 0 Å². The highest BCUT2D eigenvalue weighted by Crippen LogP contribution is 2.40. The molecule has 1 aliphatic carbocycles. The van der Waals surface area contributed by atoms with Crippen molar-refractivity contribution in [1.82, 2.24) is 0 Å². The van der Waals surface area contributed by atoms with Crippen LogP contribution in [0.25, 0.3) is 0 Å². The molecule has 0 aromatic heterocycles. The Morgan fingerprint density at radius 3 is 2.53 bits per heavy atom. The van der Waals surface area contributed by atoms with Gasteiger partial charge >= 0.3 is 0 Å². The van der Waals surface area contributed by atoms with Crippen LogP contribution in [0.3, 0.4) is 0 Å². The van der Waals surface area contributed by atoms with Gasteiger partial charge in [-0.1, -0.05) is 17.7 Å². The van der Waals surface area contributed by atoms with Gasteiger partial charge in [0.2, 0.25) is 0 Å². The van der Waals surface area contributed by atoms with Crippen LogP contribution in [0, 0.1) is 12.8 Å². The van der Waals surface area contributed by atoms with E-state index >= 15 is 0 Å². The van der Waals surface area contributed by atoms with E-state index in [9.17, 15) is 5.11 Å². The smallest absolute Gasteiger partial charge is 0.0746 e. The van der Waals surface area contributed by atoms with Crippen molar-refractivity contribution < 1.29 is 5.11 Å². The number of aliphatic hydroxyl groups is 1. The molecule has 3 atom stereocenters. The largest absolute Gasteiger partial charge is 0.391 e. The molecule has 80 valence electrons. The predicted molar refractivity (Wildman–Crippen MR) is 61.0 cm³/mol. The number of nitrogens with zero attached hydrogens (tertiary/aromatic N) is 1. The molecule has 1 aromatic rings. The van der Waals surface area contributed by atoms with Gasteiger partial charge in [0, 0.05) is 12.2 Å². The molecule has 1 heterocycles. The molecule has 2 nitrogen and oxygen atoms in total. The number of fused-ring (bicyclic) bond motifs is 2. The maximum atomic E-state index is 9.86. The third-order valence-corrected chi connectivity index (χ3v) is 3.81. The average molecular weight is 203 g/mol. The molecule has 0 radical (unpaired) electrons. The summed E-state index contributed by atoms with van der Waals surface area (Å²) in [6, 6.07) is 9.00. The Morgan fingerprint density at radius 1 is 1.20 bits per heavy atom. The summed E-state index contributed by atoms with van der Waals surface area (Å²) in [5.74, 6) is 0.714. The summed E-state index contributed by atoms with van der Waals surface area (Å²) in [4.78, 5) is 2.37. The van der Waals surface area contributed by atoms with Crippen LogP contribution < -0.4 is 4.90 Å². The molecular weight excluding hydrogens is 186 g/mol. The fourth-order valence-corrected chi connectivity index (χ4v) is 3.02. The number of benzene rings is 1. The van der Waals surface area contributed by atoms with Crippen molar-refractivity contribution in [2.45, 2.75) is 31.9 Å². The molecule has 15 heavy (non-hydrogen) atoms. The molecule has 1 saturated carbocycles. The van der Waals surface area contributed by atoms with Crippen LogP contribution in [0.1, 0.15) is 18.4 Å². The van der Waals surface area contributed by atoms with Gasteiger partial charge in [-0.15, -0.1) is 0 Å². The monoisotopic (exact) mass is 203 g/mol. The van der Waals surface area contributed by atoms with Gasteiger partial charge in [-0.3, -0.25) is 0 Å². The molecule has 0 amide bonds. The third kappa shape index (κ3) is 1.44. The van der Waals surface area contributed by atoms with Gasteiger partial charge in [0.05, 0.1) is 12.1 Å². The SMILES string of the molecule is Cc1ccc(N2CC3CC(O)C2C3)cc1. The van der Waals surface area contributed by atoms with Crippen molar-refractivity contribution in [2.75, 3.05) is 11.4 Å². The van der Waals surface area contributed by atoms with E-state index in [1.54, 1.807) is 0 Å². The number of hydrogen-bond acceptors (Lipinski definition) is 2. The van der Waals surface area contributed by atoms with Crippen LogP contribution in [0.4, 0.5) is 5.69 Å². The zero-order valence-corrected chi connectivity index (χ0v) is 9.06. The Hall–Kier alpha value is -1.02. The normalized spacial score (nSPS) is 33.7. The van der Waals surface area contributed by atoms with E-state index in [2.05, 4.69) is 36.1 Å². The highest BCUT2D eigenvalue weighted by molar-refractivity contribution is 5.50. The number of aryl methyl sites for hydroxylation is 1. The first-order chi connectivity index (χ1) is 7.24. The second-order valence-electron chi connectivity index (χ2n) is 4.96. The molecule has 1 N–H and O–H groups in total. The van der Waals surface area contributed by atoms with Crippen LogP contribution in [0.5, 0.6) is 0 Å². The molecule has 2 heteroatoms. The lowest BCUT2D eigenvalue weighted by molar-refractivity contribution is 0.146. The van der Waals surface area contributed by atoms with Crippen molar-refractivity contribution in [3.63, 3.8) is 0 Å². The van der Waals surface area contributed by atoms with Crippen molar-refractivity contribution in [2.24, 2.45) is 5.92 Å². The standard InChI is InChI=1S/C13H17NO/c1-9-2-4-11(5-3-9)14-8-10-6-12(14)13(15)7-10/h2-5,10,12-13,15H,6-8H2,1H3. The quantitative estimate of drug-likeness (QED) is 0.754. The van der Waals surface area contributed by atoms with E-state index in [0.717, 1.165) is 13.0 Å². The molecule has 2 aliphatic rings. The van der Waals surface area contributed by atoms with Crippen molar-refractivity contribution in [3.8, 4) is 0 Å². The number of rotatable bonds is 1. The van der Waals surface area contributed by atoms with Gasteiger partial charge in [-0.2, -0.15) is 0 Å². The minimum Gasteiger partial charge on any atom is -0.391 e. The topological polar surface area (TPSA) is 23.5 Å². The Kier molecular flexibility index (Phi) is 1.99. The molecule has 3 unspecified atom stereocenters. The number of hydrogen-bond donors (Lipinski definition) is 1. The van der Waals surface area contributed by atoms with Gasteiger partial charge < -0.3 is 10.0 Å². The van der Waals surface area contributed by atoms with E-state index in [1.807, 2.05) is 0 Å². The zero-order valence-electron chi connectivity index (χ0n) is 9.06. The molecular formula is C13H17NO. The van der Waals surface area contributed by atoms with E-state index in [4.69, 9.17) is 0 Å². The van der Waals surface area contributed by atoms with Gasteiger partial charge in [0.25, 0.3) is 0 Å².